The number of aryl methyl sites for hydroxylation is 4. The van der Waals surface area contributed by atoms with Crippen LogP contribution >= 0.6 is 22.7 Å². The predicted molar refractivity (Wildman–Crippen MR) is 86.2 cm³/mol. The number of fused-ring (bicyclic) bond motifs is 1. The van der Waals surface area contributed by atoms with E-state index in [2.05, 4.69) is 25.4 Å². The van der Waals surface area contributed by atoms with Crippen LogP contribution in [0, 0.1) is 20.8 Å². The van der Waals surface area contributed by atoms with E-state index in [-0.39, 0.29) is 0 Å². The van der Waals surface area contributed by atoms with E-state index in [9.17, 15) is 0 Å². The average Bonchev–Trinajstić information content (AvgIpc) is 3.14. The zero-order chi connectivity index (χ0) is 15.4. The monoisotopic (exact) mass is 331 g/mol. The molecule has 4 aromatic heterocycles. The van der Waals surface area contributed by atoms with Crippen LogP contribution in [0.25, 0.3) is 26.4 Å². The van der Waals surface area contributed by atoms with E-state index in [1.54, 1.807) is 20.5 Å². The van der Waals surface area contributed by atoms with Crippen molar-refractivity contribution in [3.05, 3.63) is 22.5 Å². The van der Waals surface area contributed by atoms with Crippen LogP contribution in [-0.2, 0) is 7.05 Å². The van der Waals surface area contributed by atoms with Crippen molar-refractivity contribution < 1.29 is 0 Å². The van der Waals surface area contributed by atoms with E-state index in [1.165, 1.54) is 11.3 Å². The first kappa shape index (κ1) is 13.5. The zero-order valence-electron chi connectivity index (χ0n) is 12.5. The van der Waals surface area contributed by atoms with Gasteiger partial charge in [-0.1, -0.05) is 11.3 Å². The Balaban J connectivity index is 1.89. The summed E-state index contributed by atoms with van der Waals surface area (Å²) in [7, 11) is 1.90. The lowest BCUT2D eigenvalue weighted by Gasteiger charge is -1.96. The van der Waals surface area contributed by atoms with Gasteiger partial charge in [-0.2, -0.15) is 14.7 Å². The summed E-state index contributed by atoms with van der Waals surface area (Å²) in [5.74, 6) is 0.708. The summed E-state index contributed by atoms with van der Waals surface area (Å²) in [6.45, 7) is 5.97. The SMILES string of the molecule is Cc1cc(-c2nnc3sc(-c4sc(C)nc4C)nn23)n(C)n1. The van der Waals surface area contributed by atoms with Crippen LogP contribution in [0.15, 0.2) is 6.07 Å². The smallest absolute Gasteiger partial charge is 0.235 e. The van der Waals surface area contributed by atoms with Crippen molar-refractivity contribution >= 4 is 27.6 Å². The van der Waals surface area contributed by atoms with Gasteiger partial charge in [0.25, 0.3) is 0 Å². The van der Waals surface area contributed by atoms with Crippen LogP contribution in [0.2, 0.25) is 0 Å². The standard InChI is InChI=1S/C13H13N7S2/c1-6-5-9(19(4)17-6)11-15-16-13-20(11)18-12(22-13)10-7(2)14-8(3)21-10/h5H,1-4H3. The van der Waals surface area contributed by atoms with Gasteiger partial charge in [0.1, 0.15) is 5.69 Å². The summed E-state index contributed by atoms with van der Waals surface area (Å²) in [5.41, 5.74) is 2.85. The highest BCUT2D eigenvalue weighted by Crippen LogP contribution is 2.33. The topological polar surface area (TPSA) is 73.8 Å². The number of hydrogen-bond acceptors (Lipinski definition) is 7. The molecule has 4 rings (SSSR count). The molecule has 0 atom stereocenters. The van der Waals surface area contributed by atoms with E-state index in [1.807, 2.05) is 33.9 Å². The molecule has 0 saturated heterocycles. The Morgan fingerprint density at radius 3 is 2.50 bits per heavy atom. The second-order valence-corrected chi connectivity index (χ2v) is 7.23. The van der Waals surface area contributed by atoms with Crippen molar-refractivity contribution in [1.29, 1.82) is 0 Å². The molecular weight excluding hydrogens is 318 g/mol. The van der Waals surface area contributed by atoms with Crippen molar-refractivity contribution in [2.24, 2.45) is 7.05 Å². The average molecular weight is 331 g/mol. The molecule has 4 aromatic rings. The number of nitrogens with zero attached hydrogens (tertiary/aromatic N) is 7. The zero-order valence-corrected chi connectivity index (χ0v) is 14.2. The molecule has 7 nitrogen and oxygen atoms in total. The van der Waals surface area contributed by atoms with Crippen LogP contribution in [0.3, 0.4) is 0 Å². The fourth-order valence-corrected chi connectivity index (χ4v) is 4.30. The second kappa shape index (κ2) is 4.68. The van der Waals surface area contributed by atoms with Gasteiger partial charge in [0.05, 0.1) is 21.3 Å². The van der Waals surface area contributed by atoms with Gasteiger partial charge in [-0.15, -0.1) is 21.5 Å². The maximum atomic E-state index is 4.68. The Kier molecular flexibility index (Phi) is 2.88. The molecule has 0 aromatic carbocycles. The van der Waals surface area contributed by atoms with Gasteiger partial charge in [-0.05, 0) is 26.8 Å². The molecule has 0 unspecified atom stereocenters. The summed E-state index contributed by atoms with van der Waals surface area (Å²) in [4.78, 5) is 6.34. The Morgan fingerprint density at radius 2 is 1.86 bits per heavy atom. The summed E-state index contributed by atoms with van der Waals surface area (Å²) in [6.07, 6.45) is 0. The minimum Gasteiger partial charge on any atom is -0.264 e. The molecule has 112 valence electrons. The van der Waals surface area contributed by atoms with E-state index >= 15 is 0 Å². The van der Waals surface area contributed by atoms with Crippen LogP contribution in [0.4, 0.5) is 0 Å². The Hall–Kier alpha value is -2.13. The lowest BCUT2D eigenvalue weighted by molar-refractivity contribution is 0.754. The summed E-state index contributed by atoms with van der Waals surface area (Å²) in [6, 6.07) is 1.98. The first-order chi connectivity index (χ1) is 10.5. The highest BCUT2D eigenvalue weighted by Gasteiger charge is 2.19. The van der Waals surface area contributed by atoms with Gasteiger partial charge in [0.2, 0.25) is 10.8 Å². The summed E-state index contributed by atoms with van der Waals surface area (Å²) < 4.78 is 3.58. The van der Waals surface area contributed by atoms with Crippen LogP contribution in [0.5, 0.6) is 0 Å². The minimum absolute atomic E-state index is 0.708. The highest BCUT2D eigenvalue weighted by molar-refractivity contribution is 7.24. The Bertz CT molecular complexity index is 988. The summed E-state index contributed by atoms with van der Waals surface area (Å²) in [5, 5.41) is 19.5. The van der Waals surface area contributed by atoms with Crippen LogP contribution in [-0.4, -0.2) is 34.6 Å². The van der Waals surface area contributed by atoms with Gasteiger partial charge in [0, 0.05) is 7.05 Å². The molecule has 0 radical (unpaired) electrons. The van der Waals surface area contributed by atoms with Gasteiger partial charge in [-0.3, -0.25) is 4.68 Å². The van der Waals surface area contributed by atoms with E-state index < -0.39 is 0 Å². The molecule has 22 heavy (non-hydrogen) atoms. The predicted octanol–water partition coefficient (Wildman–Crippen LogP) is 2.64. The van der Waals surface area contributed by atoms with E-state index in [0.29, 0.717) is 5.82 Å². The van der Waals surface area contributed by atoms with Crippen molar-refractivity contribution in [2.75, 3.05) is 0 Å². The maximum Gasteiger partial charge on any atom is 0.235 e. The van der Waals surface area contributed by atoms with Crippen molar-refractivity contribution in [3.63, 3.8) is 0 Å². The molecule has 0 bridgehead atoms. The molecular formula is C13H13N7S2. The first-order valence-corrected chi connectivity index (χ1v) is 8.34. The van der Waals surface area contributed by atoms with Gasteiger partial charge in [-0.25, -0.2) is 4.98 Å². The third-order valence-electron chi connectivity index (χ3n) is 3.32. The lowest BCUT2D eigenvalue weighted by Crippen LogP contribution is -1.98. The molecule has 0 aliphatic carbocycles. The van der Waals surface area contributed by atoms with Gasteiger partial charge in [0.15, 0.2) is 5.01 Å². The molecule has 0 N–H and O–H groups in total. The number of rotatable bonds is 2. The van der Waals surface area contributed by atoms with Crippen molar-refractivity contribution in [1.82, 2.24) is 34.6 Å². The quantitative estimate of drug-likeness (QED) is 0.564. The molecule has 0 amide bonds. The first-order valence-electron chi connectivity index (χ1n) is 6.70. The fraction of sp³-hybridized carbons (Fsp3) is 0.308. The number of hydrogen-bond donors (Lipinski definition) is 0. The fourth-order valence-electron chi connectivity index (χ4n) is 2.42. The third-order valence-corrected chi connectivity index (χ3v) is 5.44. The molecule has 9 heteroatoms. The Morgan fingerprint density at radius 1 is 1.05 bits per heavy atom. The molecule has 0 aliphatic heterocycles. The number of aromatic nitrogens is 7. The maximum absolute atomic E-state index is 4.68. The highest BCUT2D eigenvalue weighted by atomic mass is 32.1. The number of thiazole rings is 1. The molecule has 0 spiro atoms. The third kappa shape index (κ3) is 1.97. The lowest BCUT2D eigenvalue weighted by atomic mass is 10.3. The summed E-state index contributed by atoms with van der Waals surface area (Å²) >= 11 is 3.18. The molecule has 0 aliphatic rings. The van der Waals surface area contributed by atoms with Crippen molar-refractivity contribution in [3.8, 4) is 21.4 Å². The van der Waals surface area contributed by atoms with Crippen LogP contribution in [0.1, 0.15) is 16.4 Å². The second-order valence-electron chi connectivity index (χ2n) is 5.07. The van der Waals surface area contributed by atoms with E-state index in [0.717, 1.165) is 36.9 Å². The van der Waals surface area contributed by atoms with Crippen LogP contribution < -0.4 is 0 Å². The molecule has 0 fully saturated rings. The largest absolute Gasteiger partial charge is 0.264 e. The molecule has 4 heterocycles. The van der Waals surface area contributed by atoms with E-state index in [4.69, 9.17) is 0 Å². The van der Waals surface area contributed by atoms with Gasteiger partial charge < -0.3 is 0 Å². The van der Waals surface area contributed by atoms with Gasteiger partial charge >= 0.3 is 0 Å². The minimum atomic E-state index is 0.708. The van der Waals surface area contributed by atoms with Crippen molar-refractivity contribution in [2.45, 2.75) is 20.8 Å². The Labute approximate surface area is 134 Å². The normalized spacial score (nSPS) is 11.6. The molecule has 0 saturated carbocycles.